The molecular formula is C20H18N4O12. The zero-order valence-corrected chi connectivity index (χ0v) is 18.4. The molecule has 0 amide bonds. The van der Waals surface area contributed by atoms with E-state index in [9.17, 15) is 50.0 Å². The minimum Gasteiger partial charge on any atom is -0.462 e. The number of rotatable bonds is 13. The van der Waals surface area contributed by atoms with Crippen LogP contribution in [0.2, 0.25) is 0 Å². The summed E-state index contributed by atoms with van der Waals surface area (Å²) >= 11 is 0. The van der Waals surface area contributed by atoms with Gasteiger partial charge in [-0.25, -0.2) is 9.59 Å². The minimum absolute atomic E-state index is 0.0630. The average molecular weight is 506 g/mol. The van der Waals surface area contributed by atoms with E-state index < -0.39 is 54.4 Å². The predicted molar refractivity (Wildman–Crippen MR) is 119 cm³/mol. The lowest BCUT2D eigenvalue weighted by Gasteiger charge is -2.06. The number of nitrogens with zero attached hydrogens (tertiary/aromatic N) is 4. The highest BCUT2D eigenvalue weighted by atomic mass is 16.6. The number of nitro benzene ring substituents is 4. The van der Waals surface area contributed by atoms with E-state index in [4.69, 9.17) is 9.47 Å². The van der Waals surface area contributed by atoms with E-state index in [-0.39, 0.29) is 24.3 Å². The van der Waals surface area contributed by atoms with Gasteiger partial charge in [-0.3, -0.25) is 40.5 Å². The third-order valence-corrected chi connectivity index (χ3v) is 4.62. The molecule has 0 saturated heterocycles. The molecule has 0 unspecified atom stereocenters. The molecule has 0 radical (unpaired) electrons. The van der Waals surface area contributed by atoms with Crippen molar-refractivity contribution in [1.82, 2.24) is 0 Å². The van der Waals surface area contributed by atoms with Crippen molar-refractivity contribution in [1.29, 1.82) is 0 Å². The standard InChI is InChI=1S/C20H18N4O12/c25-19(13-7-15(21(27)28)11-16(8-13)22(29)30)35-5-3-1-2-4-6-36-20(26)14-9-17(23(31)32)12-18(10-14)24(33)34/h7-12H,1-6H2. The number of nitro groups is 4. The molecule has 0 atom stereocenters. The summed E-state index contributed by atoms with van der Waals surface area (Å²) in [4.78, 5) is 64.2. The number of carbonyl (C=O) groups excluding carboxylic acids is 2. The van der Waals surface area contributed by atoms with Crippen LogP contribution < -0.4 is 0 Å². The maximum atomic E-state index is 12.1. The quantitative estimate of drug-likeness (QED) is 0.163. The first kappa shape index (κ1) is 27.2. The molecule has 2 rings (SSSR count). The number of benzene rings is 2. The molecule has 16 heteroatoms. The zero-order valence-electron chi connectivity index (χ0n) is 18.4. The third-order valence-electron chi connectivity index (χ3n) is 4.62. The predicted octanol–water partition coefficient (Wildman–Crippen LogP) is 3.89. The highest BCUT2D eigenvalue weighted by molar-refractivity contribution is 5.91. The molecule has 0 aromatic heterocycles. The second-order valence-corrected chi connectivity index (χ2v) is 7.19. The molecule has 2 aromatic carbocycles. The van der Waals surface area contributed by atoms with E-state index in [1.54, 1.807) is 0 Å². The lowest BCUT2D eigenvalue weighted by atomic mass is 10.1. The first-order chi connectivity index (χ1) is 17.0. The fraction of sp³-hybridized carbons (Fsp3) is 0.300. The summed E-state index contributed by atoms with van der Waals surface area (Å²) in [6.07, 6.45) is 1.83. The second-order valence-electron chi connectivity index (χ2n) is 7.19. The van der Waals surface area contributed by atoms with Crippen molar-refractivity contribution in [2.75, 3.05) is 13.2 Å². The number of non-ortho nitro benzene ring substituents is 4. The van der Waals surface area contributed by atoms with Gasteiger partial charge in [-0.2, -0.15) is 0 Å². The molecular weight excluding hydrogens is 488 g/mol. The molecule has 0 fully saturated rings. The van der Waals surface area contributed by atoms with Gasteiger partial charge in [-0.1, -0.05) is 0 Å². The molecule has 2 aromatic rings. The Labute approximate surface area is 201 Å². The van der Waals surface area contributed by atoms with Gasteiger partial charge in [0.1, 0.15) is 0 Å². The molecule has 0 spiro atoms. The summed E-state index contributed by atoms with van der Waals surface area (Å²) in [5.41, 5.74) is -3.14. The van der Waals surface area contributed by atoms with Crippen molar-refractivity contribution in [3.8, 4) is 0 Å². The minimum atomic E-state index is -0.957. The van der Waals surface area contributed by atoms with Gasteiger partial charge in [-0.15, -0.1) is 0 Å². The molecule has 0 aliphatic rings. The number of unbranched alkanes of at least 4 members (excludes halogenated alkanes) is 3. The SMILES string of the molecule is O=C(OCCCCCCOC(=O)c1cc([N+](=O)[O-])cc([N+](=O)[O-])c1)c1cc([N+](=O)[O-])cc([N+](=O)[O-])c1. The van der Waals surface area contributed by atoms with Crippen molar-refractivity contribution in [2.45, 2.75) is 25.7 Å². The van der Waals surface area contributed by atoms with Crippen LogP contribution >= 0.6 is 0 Å². The Morgan fingerprint density at radius 3 is 1.06 bits per heavy atom. The molecule has 0 heterocycles. The topological polar surface area (TPSA) is 225 Å². The fourth-order valence-electron chi connectivity index (χ4n) is 2.90. The maximum Gasteiger partial charge on any atom is 0.338 e. The maximum absolute atomic E-state index is 12.1. The molecule has 16 nitrogen and oxygen atoms in total. The number of ether oxygens (including phenoxy) is 2. The summed E-state index contributed by atoms with van der Waals surface area (Å²) in [7, 11) is 0. The number of hydrogen-bond acceptors (Lipinski definition) is 12. The van der Waals surface area contributed by atoms with Crippen LogP contribution in [-0.2, 0) is 9.47 Å². The van der Waals surface area contributed by atoms with E-state index in [0.29, 0.717) is 25.7 Å². The van der Waals surface area contributed by atoms with Crippen LogP contribution in [0.25, 0.3) is 0 Å². The largest absolute Gasteiger partial charge is 0.462 e. The Bertz CT molecular complexity index is 1060. The Kier molecular flexibility index (Phi) is 9.41. The van der Waals surface area contributed by atoms with Crippen LogP contribution in [0, 0.1) is 40.5 Å². The summed E-state index contributed by atoms with van der Waals surface area (Å²) in [5, 5.41) is 43.6. The van der Waals surface area contributed by atoms with Crippen molar-refractivity contribution >= 4 is 34.7 Å². The molecule has 36 heavy (non-hydrogen) atoms. The van der Waals surface area contributed by atoms with Gasteiger partial charge in [0.25, 0.3) is 22.7 Å². The van der Waals surface area contributed by atoms with Gasteiger partial charge < -0.3 is 9.47 Å². The van der Waals surface area contributed by atoms with Crippen LogP contribution in [0.5, 0.6) is 0 Å². The van der Waals surface area contributed by atoms with E-state index >= 15 is 0 Å². The average Bonchev–Trinajstić information content (AvgIpc) is 2.84. The Balaban J connectivity index is 1.75. The molecule has 0 N–H and O–H groups in total. The zero-order chi connectivity index (χ0) is 26.8. The number of hydrogen-bond donors (Lipinski definition) is 0. The van der Waals surface area contributed by atoms with E-state index in [2.05, 4.69) is 0 Å². The van der Waals surface area contributed by atoms with Crippen LogP contribution in [-0.4, -0.2) is 44.8 Å². The molecule has 0 aliphatic carbocycles. The Morgan fingerprint density at radius 1 is 0.528 bits per heavy atom. The highest BCUT2D eigenvalue weighted by Crippen LogP contribution is 2.24. The van der Waals surface area contributed by atoms with Crippen LogP contribution in [0.1, 0.15) is 46.4 Å². The highest BCUT2D eigenvalue weighted by Gasteiger charge is 2.22. The summed E-state index contributed by atoms with van der Waals surface area (Å²) in [6, 6.07) is 4.95. The van der Waals surface area contributed by atoms with Gasteiger partial charge in [0, 0.05) is 24.3 Å². The smallest absolute Gasteiger partial charge is 0.338 e. The lowest BCUT2D eigenvalue weighted by molar-refractivity contribution is -0.394. The van der Waals surface area contributed by atoms with Gasteiger partial charge >= 0.3 is 11.9 Å². The summed E-state index contributed by atoms with van der Waals surface area (Å²) in [6.45, 7) is -0.126. The third kappa shape index (κ3) is 7.79. The van der Waals surface area contributed by atoms with Crippen LogP contribution in [0.15, 0.2) is 36.4 Å². The second kappa shape index (κ2) is 12.4. The normalized spacial score (nSPS) is 10.3. The number of carbonyl (C=O) groups is 2. The van der Waals surface area contributed by atoms with Crippen LogP contribution in [0.3, 0.4) is 0 Å². The van der Waals surface area contributed by atoms with Crippen molar-refractivity contribution in [3.63, 3.8) is 0 Å². The molecule has 0 aliphatic heterocycles. The Morgan fingerprint density at radius 2 is 0.806 bits per heavy atom. The summed E-state index contributed by atoms with van der Waals surface area (Å²) < 4.78 is 9.96. The first-order valence-corrected chi connectivity index (χ1v) is 10.2. The van der Waals surface area contributed by atoms with E-state index in [0.717, 1.165) is 36.4 Å². The Hall–Kier alpha value is -5.02. The lowest BCUT2D eigenvalue weighted by Crippen LogP contribution is -2.09. The number of esters is 2. The van der Waals surface area contributed by atoms with Gasteiger partial charge in [0.2, 0.25) is 0 Å². The summed E-state index contributed by atoms with van der Waals surface area (Å²) in [5.74, 6) is -1.91. The van der Waals surface area contributed by atoms with Crippen LogP contribution in [0.4, 0.5) is 22.7 Å². The monoisotopic (exact) mass is 506 g/mol. The van der Waals surface area contributed by atoms with Crippen molar-refractivity contribution in [2.24, 2.45) is 0 Å². The van der Waals surface area contributed by atoms with Crippen molar-refractivity contribution in [3.05, 3.63) is 88.0 Å². The molecule has 0 bridgehead atoms. The van der Waals surface area contributed by atoms with Crippen molar-refractivity contribution < 1.29 is 38.8 Å². The van der Waals surface area contributed by atoms with Gasteiger partial charge in [0.15, 0.2) is 0 Å². The van der Waals surface area contributed by atoms with E-state index in [1.807, 2.05) is 0 Å². The first-order valence-electron chi connectivity index (χ1n) is 10.2. The molecule has 190 valence electrons. The van der Waals surface area contributed by atoms with Gasteiger partial charge in [-0.05, 0) is 25.7 Å². The van der Waals surface area contributed by atoms with Gasteiger partial charge in [0.05, 0.1) is 56.2 Å². The van der Waals surface area contributed by atoms with E-state index in [1.165, 1.54) is 0 Å². The molecule has 0 saturated carbocycles. The fourth-order valence-corrected chi connectivity index (χ4v) is 2.90.